The zero-order chi connectivity index (χ0) is 13.5. The summed E-state index contributed by atoms with van der Waals surface area (Å²) in [6, 6.07) is 9.05. The lowest BCUT2D eigenvalue weighted by atomic mass is 10.2. The number of carbonyl (C=O) groups is 2. The molecule has 4 heteroatoms. The lowest BCUT2D eigenvalue weighted by Gasteiger charge is -2.23. The molecule has 2 amide bonds. The first kappa shape index (κ1) is 14.2. The maximum atomic E-state index is 12.2. The van der Waals surface area contributed by atoms with Gasteiger partial charge >= 0.3 is 0 Å². The Bertz CT molecular complexity index is 402. The number of hydrogen-bond donors (Lipinski definition) is 0. The van der Waals surface area contributed by atoms with E-state index in [1.54, 1.807) is 31.1 Å². The monoisotopic (exact) mass is 248 g/mol. The normalized spacial score (nSPS) is 9.94. The molecule has 0 N–H and O–H groups in total. The molecule has 0 saturated heterocycles. The maximum Gasteiger partial charge on any atom is 0.254 e. The molecule has 98 valence electrons. The molecule has 0 atom stereocenters. The highest BCUT2D eigenvalue weighted by Gasteiger charge is 2.18. The van der Waals surface area contributed by atoms with E-state index in [1.165, 1.54) is 4.90 Å². The van der Waals surface area contributed by atoms with Crippen LogP contribution in [0.4, 0.5) is 0 Å². The van der Waals surface area contributed by atoms with Crippen molar-refractivity contribution >= 4 is 11.8 Å². The molecule has 0 aliphatic rings. The number of hydrogen-bond acceptors (Lipinski definition) is 2. The van der Waals surface area contributed by atoms with Crippen molar-refractivity contribution in [2.75, 3.05) is 27.2 Å². The fourth-order valence-electron chi connectivity index (χ4n) is 1.59. The van der Waals surface area contributed by atoms with Crippen LogP contribution in [0.5, 0.6) is 0 Å². The van der Waals surface area contributed by atoms with Crippen molar-refractivity contribution in [3.05, 3.63) is 35.9 Å². The SMILES string of the molecule is CCCN(CC(=O)N(C)C)C(=O)c1ccccc1. The predicted octanol–water partition coefficient (Wildman–Crippen LogP) is 1.63. The van der Waals surface area contributed by atoms with E-state index in [9.17, 15) is 9.59 Å². The largest absolute Gasteiger partial charge is 0.347 e. The standard InChI is InChI=1S/C14H20N2O2/c1-4-10-16(11-13(17)15(2)3)14(18)12-8-6-5-7-9-12/h5-9H,4,10-11H2,1-3H3. The molecule has 1 aromatic carbocycles. The van der Waals surface area contributed by atoms with Crippen LogP contribution in [0.1, 0.15) is 23.7 Å². The Kier molecular flexibility index (Phi) is 5.36. The fourth-order valence-corrected chi connectivity index (χ4v) is 1.59. The molecule has 1 aromatic rings. The van der Waals surface area contributed by atoms with Crippen LogP contribution in [0, 0.1) is 0 Å². The molecule has 0 unspecified atom stereocenters. The van der Waals surface area contributed by atoms with Gasteiger partial charge in [0.05, 0.1) is 0 Å². The Morgan fingerprint density at radius 3 is 2.22 bits per heavy atom. The topological polar surface area (TPSA) is 40.6 Å². The number of likely N-dealkylation sites (N-methyl/N-ethyl adjacent to an activating group) is 1. The van der Waals surface area contributed by atoms with Crippen LogP contribution in [0.2, 0.25) is 0 Å². The van der Waals surface area contributed by atoms with Crippen molar-refractivity contribution in [3.8, 4) is 0 Å². The van der Waals surface area contributed by atoms with Crippen molar-refractivity contribution in [1.29, 1.82) is 0 Å². The molecule has 0 aromatic heterocycles. The van der Waals surface area contributed by atoms with Gasteiger partial charge in [-0.3, -0.25) is 9.59 Å². The molecule has 0 aliphatic carbocycles. The van der Waals surface area contributed by atoms with Gasteiger partial charge in [-0.2, -0.15) is 0 Å². The zero-order valence-electron chi connectivity index (χ0n) is 11.2. The van der Waals surface area contributed by atoms with E-state index < -0.39 is 0 Å². The molecule has 0 heterocycles. The van der Waals surface area contributed by atoms with Crippen LogP contribution < -0.4 is 0 Å². The van der Waals surface area contributed by atoms with Crippen LogP contribution in [0.15, 0.2) is 30.3 Å². The Hall–Kier alpha value is -1.84. The first-order chi connectivity index (χ1) is 8.56. The molecular formula is C14H20N2O2. The second-order valence-corrected chi connectivity index (χ2v) is 4.38. The van der Waals surface area contributed by atoms with E-state index in [2.05, 4.69) is 0 Å². The summed E-state index contributed by atoms with van der Waals surface area (Å²) in [6.45, 7) is 2.72. The summed E-state index contributed by atoms with van der Waals surface area (Å²) in [5, 5.41) is 0. The van der Waals surface area contributed by atoms with Gasteiger partial charge in [-0.15, -0.1) is 0 Å². The van der Waals surface area contributed by atoms with Crippen LogP contribution in [-0.4, -0.2) is 48.8 Å². The van der Waals surface area contributed by atoms with Crippen LogP contribution >= 0.6 is 0 Å². The van der Waals surface area contributed by atoms with Crippen LogP contribution in [-0.2, 0) is 4.79 Å². The van der Waals surface area contributed by atoms with E-state index >= 15 is 0 Å². The van der Waals surface area contributed by atoms with E-state index in [0.717, 1.165) is 6.42 Å². The lowest BCUT2D eigenvalue weighted by Crippen LogP contribution is -2.40. The van der Waals surface area contributed by atoms with Crippen LogP contribution in [0.25, 0.3) is 0 Å². The van der Waals surface area contributed by atoms with Gasteiger partial charge in [0.25, 0.3) is 5.91 Å². The van der Waals surface area contributed by atoms with E-state index in [1.807, 2.05) is 25.1 Å². The van der Waals surface area contributed by atoms with Crippen LogP contribution in [0.3, 0.4) is 0 Å². The molecule has 0 radical (unpaired) electrons. The van der Waals surface area contributed by atoms with Gasteiger partial charge < -0.3 is 9.80 Å². The minimum Gasteiger partial charge on any atom is -0.347 e. The third kappa shape index (κ3) is 3.87. The third-order valence-electron chi connectivity index (χ3n) is 2.63. The summed E-state index contributed by atoms with van der Waals surface area (Å²) in [5.41, 5.74) is 0.623. The summed E-state index contributed by atoms with van der Waals surface area (Å²) < 4.78 is 0. The van der Waals surface area contributed by atoms with Gasteiger partial charge in [0.1, 0.15) is 6.54 Å². The molecule has 4 nitrogen and oxygen atoms in total. The van der Waals surface area contributed by atoms with Crippen molar-refractivity contribution < 1.29 is 9.59 Å². The lowest BCUT2D eigenvalue weighted by molar-refractivity contribution is -0.129. The fraction of sp³-hybridized carbons (Fsp3) is 0.429. The average Bonchev–Trinajstić information content (AvgIpc) is 2.38. The highest BCUT2D eigenvalue weighted by atomic mass is 16.2. The zero-order valence-corrected chi connectivity index (χ0v) is 11.2. The number of nitrogens with zero attached hydrogens (tertiary/aromatic N) is 2. The molecule has 18 heavy (non-hydrogen) atoms. The number of benzene rings is 1. The quantitative estimate of drug-likeness (QED) is 0.794. The molecule has 0 fully saturated rings. The van der Waals surface area contributed by atoms with Gasteiger partial charge in [0, 0.05) is 26.2 Å². The number of carbonyl (C=O) groups excluding carboxylic acids is 2. The van der Waals surface area contributed by atoms with E-state index in [0.29, 0.717) is 12.1 Å². The number of amides is 2. The first-order valence-electron chi connectivity index (χ1n) is 6.10. The van der Waals surface area contributed by atoms with E-state index in [-0.39, 0.29) is 18.4 Å². The van der Waals surface area contributed by atoms with Gasteiger partial charge in [-0.05, 0) is 18.6 Å². The molecule has 0 aliphatic heterocycles. The average molecular weight is 248 g/mol. The van der Waals surface area contributed by atoms with Crippen molar-refractivity contribution in [1.82, 2.24) is 9.80 Å². The minimum atomic E-state index is -0.0901. The summed E-state index contributed by atoms with van der Waals surface area (Å²) >= 11 is 0. The van der Waals surface area contributed by atoms with Gasteiger partial charge in [0.15, 0.2) is 0 Å². The van der Waals surface area contributed by atoms with Gasteiger partial charge in [-0.1, -0.05) is 25.1 Å². The highest BCUT2D eigenvalue weighted by Crippen LogP contribution is 2.05. The Labute approximate surface area is 108 Å². The highest BCUT2D eigenvalue weighted by molar-refractivity contribution is 5.96. The second kappa shape index (κ2) is 6.79. The maximum absolute atomic E-state index is 12.2. The second-order valence-electron chi connectivity index (χ2n) is 4.38. The minimum absolute atomic E-state index is 0.0623. The Morgan fingerprint density at radius 2 is 1.72 bits per heavy atom. The Morgan fingerprint density at radius 1 is 1.11 bits per heavy atom. The molecular weight excluding hydrogens is 228 g/mol. The van der Waals surface area contributed by atoms with Crippen molar-refractivity contribution in [2.24, 2.45) is 0 Å². The third-order valence-corrected chi connectivity index (χ3v) is 2.63. The van der Waals surface area contributed by atoms with Gasteiger partial charge in [0.2, 0.25) is 5.91 Å². The molecule has 0 saturated carbocycles. The Balaban J connectivity index is 2.79. The van der Waals surface area contributed by atoms with Crippen molar-refractivity contribution in [2.45, 2.75) is 13.3 Å². The molecule has 0 spiro atoms. The molecule has 0 bridgehead atoms. The van der Waals surface area contributed by atoms with Crippen molar-refractivity contribution in [3.63, 3.8) is 0 Å². The summed E-state index contributed by atoms with van der Waals surface area (Å²) in [7, 11) is 3.39. The first-order valence-corrected chi connectivity index (χ1v) is 6.10. The summed E-state index contributed by atoms with van der Waals surface area (Å²) in [6.07, 6.45) is 0.833. The summed E-state index contributed by atoms with van der Waals surface area (Å²) in [5.74, 6) is -0.152. The van der Waals surface area contributed by atoms with Gasteiger partial charge in [-0.25, -0.2) is 0 Å². The summed E-state index contributed by atoms with van der Waals surface area (Å²) in [4.78, 5) is 27.0. The number of rotatable bonds is 5. The smallest absolute Gasteiger partial charge is 0.254 e. The molecule has 1 rings (SSSR count). The predicted molar refractivity (Wildman–Crippen MR) is 71.3 cm³/mol. The van der Waals surface area contributed by atoms with E-state index in [4.69, 9.17) is 0 Å².